The summed E-state index contributed by atoms with van der Waals surface area (Å²) >= 11 is 0. The topological polar surface area (TPSA) is 28.4 Å². The molecule has 1 aliphatic rings. The van der Waals surface area contributed by atoms with Crippen LogP contribution in [0.25, 0.3) is 50.3 Å². The van der Waals surface area contributed by atoms with Crippen LogP contribution in [0.3, 0.4) is 0 Å². The highest BCUT2D eigenvalue weighted by Crippen LogP contribution is 2.42. The molecule has 0 radical (unpaired) electrons. The second-order valence-electron chi connectivity index (χ2n) is 10.6. The zero-order valence-electron chi connectivity index (χ0n) is 23.0. The maximum absolute atomic E-state index is 6.51. The van der Waals surface area contributed by atoms with Crippen LogP contribution in [0.15, 0.2) is 150 Å². The van der Waals surface area contributed by atoms with E-state index in [-0.39, 0.29) is 0 Å². The molecule has 0 bridgehead atoms. The molecule has 6 aromatic carbocycles. The Kier molecular flexibility index (Phi) is 5.86. The van der Waals surface area contributed by atoms with Crippen molar-refractivity contribution in [2.24, 2.45) is 0 Å². The summed E-state index contributed by atoms with van der Waals surface area (Å²) in [6.45, 7) is 0.792. The second-order valence-corrected chi connectivity index (χ2v) is 10.6. The van der Waals surface area contributed by atoms with Gasteiger partial charge in [-0.3, -0.25) is 0 Å². The van der Waals surface area contributed by atoms with Gasteiger partial charge in [-0.25, -0.2) is 0 Å². The van der Waals surface area contributed by atoms with E-state index in [9.17, 15) is 0 Å². The summed E-state index contributed by atoms with van der Waals surface area (Å²) in [7, 11) is 0. The molecule has 8 rings (SSSR count). The molecule has 1 N–H and O–H groups in total. The molecule has 0 atom stereocenters. The number of benzene rings is 6. The van der Waals surface area contributed by atoms with Crippen LogP contribution < -0.4 is 10.2 Å². The Bertz CT molecular complexity index is 2060. The second kappa shape index (κ2) is 10.1. The van der Waals surface area contributed by atoms with Gasteiger partial charge in [0, 0.05) is 39.9 Å². The van der Waals surface area contributed by atoms with Crippen molar-refractivity contribution in [3.05, 3.63) is 157 Å². The van der Waals surface area contributed by atoms with Gasteiger partial charge < -0.3 is 14.6 Å². The van der Waals surface area contributed by atoms with Gasteiger partial charge in [0.15, 0.2) is 0 Å². The summed E-state index contributed by atoms with van der Waals surface area (Å²) in [5, 5.41) is 5.74. The van der Waals surface area contributed by atoms with E-state index in [1.165, 1.54) is 27.6 Å². The van der Waals surface area contributed by atoms with Crippen molar-refractivity contribution >= 4 is 45.1 Å². The minimum absolute atomic E-state index is 0.792. The number of hydrogen-bond donors (Lipinski definition) is 1. The van der Waals surface area contributed by atoms with Crippen LogP contribution in [0, 0.1) is 0 Å². The molecule has 3 heteroatoms. The first-order valence-corrected chi connectivity index (χ1v) is 14.3. The predicted molar refractivity (Wildman–Crippen MR) is 175 cm³/mol. The molecular weight excluding hydrogens is 512 g/mol. The summed E-state index contributed by atoms with van der Waals surface area (Å²) in [6.07, 6.45) is 4.19. The number of para-hydroxylation sites is 2. The first kappa shape index (κ1) is 24.3. The monoisotopic (exact) mass is 540 g/mol. The van der Waals surface area contributed by atoms with E-state index in [1.807, 2.05) is 12.3 Å². The molecule has 7 aromatic rings. The number of fused-ring (bicyclic) bond motifs is 5. The third-order valence-electron chi connectivity index (χ3n) is 8.13. The lowest BCUT2D eigenvalue weighted by Crippen LogP contribution is -2.11. The lowest BCUT2D eigenvalue weighted by molar-refractivity contribution is 0.669. The van der Waals surface area contributed by atoms with Crippen LogP contribution in [-0.4, -0.2) is 0 Å². The third-order valence-corrected chi connectivity index (χ3v) is 8.13. The molecule has 0 unspecified atom stereocenters. The summed E-state index contributed by atoms with van der Waals surface area (Å²) < 4.78 is 6.51. The molecule has 0 amide bonds. The first-order valence-electron chi connectivity index (χ1n) is 14.3. The van der Waals surface area contributed by atoms with Gasteiger partial charge in [-0.15, -0.1) is 0 Å². The fourth-order valence-electron chi connectivity index (χ4n) is 6.10. The van der Waals surface area contributed by atoms with Gasteiger partial charge in [0.25, 0.3) is 0 Å². The lowest BCUT2D eigenvalue weighted by Gasteiger charge is -2.26. The molecular formula is C39H28N2O. The van der Waals surface area contributed by atoms with Crippen molar-refractivity contribution in [1.29, 1.82) is 0 Å². The zero-order chi connectivity index (χ0) is 27.9. The number of furan rings is 1. The summed E-state index contributed by atoms with van der Waals surface area (Å²) in [6, 6.07) is 49.3. The highest BCUT2D eigenvalue weighted by atomic mass is 16.3. The number of anilines is 3. The van der Waals surface area contributed by atoms with Crippen LogP contribution in [0.1, 0.15) is 11.1 Å². The van der Waals surface area contributed by atoms with Crippen LogP contribution in [0.5, 0.6) is 0 Å². The molecule has 1 aliphatic heterocycles. The Labute approximate surface area is 245 Å². The average molecular weight is 541 g/mol. The summed E-state index contributed by atoms with van der Waals surface area (Å²) in [4.78, 5) is 2.30. The largest absolute Gasteiger partial charge is 0.455 e. The molecule has 42 heavy (non-hydrogen) atoms. The summed E-state index contributed by atoms with van der Waals surface area (Å²) in [5.74, 6) is 0. The maximum Gasteiger partial charge on any atom is 0.143 e. The fourth-order valence-corrected chi connectivity index (χ4v) is 6.10. The molecule has 0 saturated carbocycles. The minimum Gasteiger partial charge on any atom is -0.455 e. The van der Waals surface area contributed by atoms with E-state index in [0.29, 0.717) is 0 Å². The highest BCUT2D eigenvalue weighted by molar-refractivity contribution is 6.12. The Morgan fingerprint density at radius 2 is 1.17 bits per heavy atom. The Balaban J connectivity index is 1.23. The maximum atomic E-state index is 6.51. The van der Waals surface area contributed by atoms with E-state index in [2.05, 4.69) is 150 Å². The third kappa shape index (κ3) is 4.15. The van der Waals surface area contributed by atoms with Crippen LogP contribution in [0.2, 0.25) is 0 Å². The molecule has 2 heterocycles. The normalized spacial score (nSPS) is 12.3. The first-order chi connectivity index (χ1) is 20.8. The Morgan fingerprint density at radius 3 is 1.90 bits per heavy atom. The van der Waals surface area contributed by atoms with Crippen molar-refractivity contribution in [1.82, 2.24) is 5.32 Å². The van der Waals surface area contributed by atoms with Crippen LogP contribution in [0.4, 0.5) is 17.1 Å². The van der Waals surface area contributed by atoms with E-state index >= 15 is 0 Å². The number of nitrogens with zero attached hydrogens (tertiary/aromatic N) is 1. The molecule has 0 fully saturated rings. The Morgan fingerprint density at radius 1 is 0.571 bits per heavy atom. The molecule has 1 aromatic heterocycles. The lowest BCUT2D eigenvalue weighted by atomic mass is 9.92. The number of rotatable bonds is 5. The van der Waals surface area contributed by atoms with Gasteiger partial charge in [-0.1, -0.05) is 91.0 Å². The standard InChI is InChI=1S/C39H28N2O/c1-3-9-27(10-4-1)28-15-19-32(20-16-28)41(31-11-5-2-6-12-31)33-21-17-29(18-22-33)35-25-30-23-24-40-26-36(30)38-34-13-7-8-14-37(34)42-39(35)38/h1-25,40H,26H2. The smallest absolute Gasteiger partial charge is 0.143 e. The average Bonchev–Trinajstić information content (AvgIpc) is 3.46. The van der Waals surface area contributed by atoms with Gasteiger partial charge in [-0.05, 0) is 88.6 Å². The van der Waals surface area contributed by atoms with Gasteiger partial charge in [0.05, 0.1) is 0 Å². The molecule has 0 aliphatic carbocycles. The zero-order valence-corrected chi connectivity index (χ0v) is 23.0. The van der Waals surface area contributed by atoms with Crippen molar-refractivity contribution in [2.45, 2.75) is 6.54 Å². The van der Waals surface area contributed by atoms with Crippen molar-refractivity contribution in [2.75, 3.05) is 4.90 Å². The van der Waals surface area contributed by atoms with E-state index in [0.717, 1.165) is 51.3 Å². The van der Waals surface area contributed by atoms with E-state index in [4.69, 9.17) is 4.42 Å². The van der Waals surface area contributed by atoms with Crippen molar-refractivity contribution in [3.8, 4) is 22.3 Å². The van der Waals surface area contributed by atoms with Crippen LogP contribution in [-0.2, 0) is 6.54 Å². The van der Waals surface area contributed by atoms with Gasteiger partial charge in [0.2, 0.25) is 0 Å². The SMILES string of the molecule is C1=Cc2cc(-c3ccc(N(c4ccccc4)c4ccc(-c5ccccc5)cc4)cc3)c3oc4ccccc4c3c2CN1. The van der Waals surface area contributed by atoms with Crippen molar-refractivity contribution in [3.63, 3.8) is 0 Å². The van der Waals surface area contributed by atoms with Crippen LogP contribution >= 0.6 is 0 Å². The van der Waals surface area contributed by atoms with E-state index in [1.54, 1.807) is 0 Å². The summed E-state index contributed by atoms with van der Waals surface area (Å²) in [5.41, 5.74) is 12.4. The Hall–Kier alpha value is -5.54. The molecule has 0 saturated heterocycles. The molecule has 0 spiro atoms. The predicted octanol–water partition coefficient (Wildman–Crippen LogP) is 10.5. The highest BCUT2D eigenvalue weighted by Gasteiger charge is 2.20. The minimum atomic E-state index is 0.792. The fraction of sp³-hybridized carbons (Fsp3) is 0.0256. The number of hydrogen-bond acceptors (Lipinski definition) is 3. The van der Waals surface area contributed by atoms with Gasteiger partial charge in [0.1, 0.15) is 11.2 Å². The quantitative estimate of drug-likeness (QED) is 0.235. The van der Waals surface area contributed by atoms with E-state index < -0.39 is 0 Å². The molecule has 3 nitrogen and oxygen atoms in total. The number of nitrogens with one attached hydrogen (secondary N) is 1. The molecule has 200 valence electrons. The van der Waals surface area contributed by atoms with Gasteiger partial charge in [-0.2, -0.15) is 0 Å². The van der Waals surface area contributed by atoms with Gasteiger partial charge >= 0.3 is 0 Å². The van der Waals surface area contributed by atoms with Crippen molar-refractivity contribution < 1.29 is 4.42 Å².